The Labute approximate surface area is 105 Å². The molecule has 1 saturated heterocycles. The zero-order valence-electron chi connectivity index (χ0n) is 9.97. The highest BCUT2D eigenvalue weighted by Crippen LogP contribution is 2.26. The summed E-state index contributed by atoms with van der Waals surface area (Å²) >= 11 is 1.61. The molecular formula is C12H16N2O2S. The summed E-state index contributed by atoms with van der Waals surface area (Å²) in [5.74, 6) is -0.0483. The van der Waals surface area contributed by atoms with E-state index >= 15 is 0 Å². The average molecular weight is 252 g/mol. The number of rotatable bonds is 3. The summed E-state index contributed by atoms with van der Waals surface area (Å²) in [5.41, 5.74) is 0. The van der Waals surface area contributed by atoms with E-state index in [1.54, 1.807) is 16.2 Å². The highest BCUT2D eigenvalue weighted by atomic mass is 32.1. The van der Waals surface area contributed by atoms with E-state index in [0.29, 0.717) is 6.42 Å². The summed E-state index contributed by atoms with van der Waals surface area (Å²) in [6.07, 6.45) is 0.637. The van der Waals surface area contributed by atoms with Gasteiger partial charge in [-0.25, -0.2) is 0 Å². The lowest BCUT2D eigenvalue weighted by Crippen LogP contribution is -2.58. The first-order valence-electron chi connectivity index (χ1n) is 5.76. The maximum Gasteiger partial charge on any atom is 0.246 e. The average Bonchev–Trinajstić information content (AvgIpc) is 2.84. The number of piperazine rings is 1. The molecular weight excluding hydrogens is 236 g/mol. The number of hydrogen-bond donors (Lipinski definition) is 1. The van der Waals surface area contributed by atoms with E-state index in [1.807, 2.05) is 31.4 Å². The van der Waals surface area contributed by atoms with Crippen molar-refractivity contribution in [2.24, 2.45) is 0 Å². The van der Waals surface area contributed by atoms with Gasteiger partial charge in [0, 0.05) is 4.88 Å². The number of amides is 2. The van der Waals surface area contributed by atoms with Gasteiger partial charge in [-0.2, -0.15) is 0 Å². The fourth-order valence-electron chi connectivity index (χ4n) is 2.02. The van der Waals surface area contributed by atoms with Gasteiger partial charge in [0.15, 0.2) is 0 Å². The molecule has 2 atom stereocenters. The van der Waals surface area contributed by atoms with E-state index in [4.69, 9.17) is 0 Å². The van der Waals surface area contributed by atoms with Gasteiger partial charge in [0.1, 0.15) is 12.6 Å². The van der Waals surface area contributed by atoms with Crippen LogP contribution in [0.25, 0.3) is 0 Å². The zero-order chi connectivity index (χ0) is 12.4. The van der Waals surface area contributed by atoms with Gasteiger partial charge in [0.25, 0.3) is 0 Å². The highest BCUT2D eigenvalue weighted by Gasteiger charge is 2.34. The summed E-state index contributed by atoms with van der Waals surface area (Å²) in [7, 11) is 0. The molecule has 0 aliphatic carbocycles. The number of nitrogens with zero attached hydrogens (tertiary/aromatic N) is 1. The monoisotopic (exact) mass is 252 g/mol. The number of thiophene rings is 1. The van der Waals surface area contributed by atoms with E-state index < -0.39 is 0 Å². The zero-order valence-corrected chi connectivity index (χ0v) is 10.8. The Hall–Kier alpha value is -1.36. The molecule has 1 aliphatic heterocycles. The second-order valence-electron chi connectivity index (χ2n) is 4.19. The van der Waals surface area contributed by atoms with Gasteiger partial charge in [-0.05, 0) is 24.8 Å². The molecule has 4 nitrogen and oxygen atoms in total. The molecule has 92 valence electrons. The molecule has 0 aromatic carbocycles. The smallest absolute Gasteiger partial charge is 0.246 e. The first kappa shape index (κ1) is 12.1. The van der Waals surface area contributed by atoms with Crippen molar-refractivity contribution in [1.82, 2.24) is 10.2 Å². The van der Waals surface area contributed by atoms with Crippen LogP contribution < -0.4 is 5.32 Å². The summed E-state index contributed by atoms with van der Waals surface area (Å²) in [6, 6.07) is 3.57. The third-order valence-corrected chi connectivity index (χ3v) is 4.10. The predicted molar refractivity (Wildman–Crippen MR) is 66.7 cm³/mol. The lowest BCUT2D eigenvalue weighted by Gasteiger charge is -2.35. The van der Waals surface area contributed by atoms with Crippen LogP contribution in [0.2, 0.25) is 0 Å². The Morgan fingerprint density at radius 2 is 2.35 bits per heavy atom. The molecule has 2 amide bonds. The molecule has 2 heterocycles. The topological polar surface area (TPSA) is 49.4 Å². The van der Waals surface area contributed by atoms with Gasteiger partial charge in [-0.15, -0.1) is 11.3 Å². The minimum absolute atomic E-state index is 0.0213. The van der Waals surface area contributed by atoms with Crippen LogP contribution >= 0.6 is 11.3 Å². The van der Waals surface area contributed by atoms with Gasteiger partial charge >= 0.3 is 0 Å². The van der Waals surface area contributed by atoms with E-state index in [0.717, 1.165) is 4.88 Å². The second-order valence-corrected chi connectivity index (χ2v) is 5.17. The quantitative estimate of drug-likeness (QED) is 0.887. The van der Waals surface area contributed by atoms with Crippen LogP contribution in [0.15, 0.2) is 17.5 Å². The highest BCUT2D eigenvalue weighted by molar-refractivity contribution is 7.10. The van der Waals surface area contributed by atoms with Crippen LogP contribution in [0.3, 0.4) is 0 Å². The Morgan fingerprint density at radius 1 is 1.59 bits per heavy atom. The summed E-state index contributed by atoms with van der Waals surface area (Å²) in [4.78, 5) is 26.5. The molecule has 0 radical (unpaired) electrons. The molecule has 1 aromatic heterocycles. The van der Waals surface area contributed by atoms with Gasteiger partial charge in [-0.3, -0.25) is 9.59 Å². The van der Waals surface area contributed by atoms with Crippen molar-refractivity contribution in [3.63, 3.8) is 0 Å². The van der Waals surface area contributed by atoms with Gasteiger partial charge in [0.2, 0.25) is 11.8 Å². The van der Waals surface area contributed by atoms with E-state index in [-0.39, 0.29) is 30.4 Å². The van der Waals surface area contributed by atoms with E-state index in [1.165, 1.54) is 0 Å². The number of nitrogens with one attached hydrogen (secondary N) is 1. The van der Waals surface area contributed by atoms with Crippen molar-refractivity contribution >= 4 is 23.2 Å². The fourth-order valence-corrected chi connectivity index (χ4v) is 2.82. The van der Waals surface area contributed by atoms with Crippen molar-refractivity contribution < 1.29 is 9.59 Å². The molecule has 0 bridgehead atoms. The lowest BCUT2D eigenvalue weighted by atomic mass is 10.1. The minimum atomic E-state index is -0.362. The van der Waals surface area contributed by atoms with Crippen molar-refractivity contribution in [3.05, 3.63) is 22.4 Å². The van der Waals surface area contributed by atoms with Crippen LogP contribution in [-0.4, -0.2) is 29.3 Å². The van der Waals surface area contributed by atoms with Crippen molar-refractivity contribution in [1.29, 1.82) is 0 Å². The van der Waals surface area contributed by atoms with Gasteiger partial charge in [-0.1, -0.05) is 13.0 Å². The third kappa shape index (κ3) is 2.34. The molecule has 0 saturated carbocycles. The van der Waals surface area contributed by atoms with Crippen LogP contribution in [0, 0.1) is 0 Å². The maximum absolute atomic E-state index is 12.2. The van der Waals surface area contributed by atoms with Crippen LogP contribution in [0.5, 0.6) is 0 Å². The largest absolute Gasteiger partial charge is 0.343 e. The number of hydrogen-bond acceptors (Lipinski definition) is 3. The van der Waals surface area contributed by atoms with Gasteiger partial charge in [0.05, 0.1) is 6.04 Å². The molecule has 1 N–H and O–H groups in total. The summed E-state index contributed by atoms with van der Waals surface area (Å²) < 4.78 is 0. The fraction of sp³-hybridized carbons (Fsp3) is 0.500. The minimum Gasteiger partial charge on any atom is -0.343 e. The van der Waals surface area contributed by atoms with Gasteiger partial charge < -0.3 is 10.2 Å². The molecule has 1 aliphatic rings. The maximum atomic E-state index is 12.2. The molecule has 0 spiro atoms. The van der Waals surface area contributed by atoms with Crippen LogP contribution in [-0.2, 0) is 9.59 Å². The Bertz CT molecular complexity index is 416. The lowest BCUT2D eigenvalue weighted by molar-refractivity contribution is -0.146. The Morgan fingerprint density at radius 3 is 2.94 bits per heavy atom. The van der Waals surface area contributed by atoms with Crippen molar-refractivity contribution in [2.45, 2.75) is 32.4 Å². The number of carbonyl (C=O) groups is 2. The van der Waals surface area contributed by atoms with Crippen molar-refractivity contribution in [2.75, 3.05) is 6.54 Å². The molecule has 2 unspecified atom stereocenters. The first-order chi connectivity index (χ1) is 8.13. The van der Waals surface area contributed by atoms with Crippen molar-refractivity contribution in [3.8, 4) is 0 Å². The standard InChI is InChI=1S/C12H16N2O2S/c1-3-9-12(16)14(7-11(15)13-9)8(2)10-5-4-6-17-10/h4-6,8-9H,3,7H2,1-2H3,(H,13,15). The molecule has 17 heavy (non-hydrogen) atoms. The Kier molecular flexibility index (Phi) is 3.47. The molecule has 1 fully saturated rings. The second kappa shape index (κ2) is 4.87. The normalized spacial score (nSPS) is 22.5. The third-order valence-electron chi connectivity index (χ3n) is 3.06. The molecule has 5 heteroatoms. The number of carbonyl (C=O) groups excluding carboxylic acids is 2. The predicted octanol–water partition coefficient (Wildman–Crippen LogP) is 1.55. The van der Waals surface area contributed by atoms with E-state index in [9.17, 15) is 9.59 Å². The Balaban J connectivity index is 2.19. The SMILES string of the molecule is CCC1NC(=O)CN(C(C)c2cccs2)C1=O. The van der Waals surface area contributed by atoms with E-state index in [2.05, 4.69) is 5.32 Å². The molecule has 2 rings (SSSR count). The summed E-state index contributed by atoms with van der Waals surface area (Å²) in [5, 5.41) is 4.70. The van der Waals surface area contributed by atoms with Crippen LogP contribution in [0.1, 0.15) is 31.2 Å². The summed E-state index contributed by atoms with van der Waals surface area (Å²) in [6.45, 7) is 4.03. The van der Waals surface area contributed by atoms with Crippen LogP contribution in [0.4, 0.5) is 0 Å². The first-order valence-corrected chi connectivity index (χ1v) is 6.64. The molecule has 1 aromatic rings.